The Morgan fingerprint density at radius 2 is 1.79 bits per heavy atom. The van der Waals surface area contributed by atoms with E-state index in [0.717, 1.165) is 18.2 Å². The predicted molar refractivity (Wildman–Crippen MR) is 55.7 cm³/mol. The first kappa shape index (κ1) is 15.1. The van der Waals surface area contributed by atoms with Crippen molar-refractivity contribution in [3.8, 4) is 11.5 Å². The molecule has 19 heavy (non-hydrogen) atoms. The summed E-state index contributed by atoms with van der Waals surface area (Å²) in [5.74, 6) is -1.67. The van der Waals surface area contributed by atoms with Crippen LogP contribution in [0.3, 0.4) is 0 Å². The molecular weight excluding hydrogens is 272 g/mol. The fourth-order valence-corrected chi connectivity index (χ4v) is 1.38. The SMILES string of the molecule is O=C(O)CCc1cc(OC(F)F)ccc1OC(F)F. The second-order valence-electron chi connectivity index (χ2n) is 3.42. The molecule has 1 aromatic carbocycles. The van der Waals surface area contributed by atoms with Gasteiger partial charge in [-0.25, -0.2) is 0 Å². The molecule has 0 spiro atoms. The van der Waals surface area contributed by atoms with E-state index in [-0.39, 0.29) is 29.9 Å². The minimum atomic E-state index is -3.09. The minimum absolute atomic E-state index is 0.0563. The summed E-state index contributed by atoms with van der Waals surface area (Å²) in [6, 6.07) is 3.11. The predicted octanol–water partition coefficient (Wildman–Crippen LogP) is 2.91. The molecule has 0 bridgehead atoms. The molecule has 0 aromatic heterocycles. The Hall–Kier alpha value is -1.99. The summed E-state index contributed by atoms with van der Waals surface area (Å²) in [5, 5.41) is 8.52. The minimum Gasteiger partial charge on any atom is -0.481 e. The molecule has 106 valence electrons. The van der Waals surface area contributed by atoms with Crippen LogP contribution in [0.4, 0.5) is 17.6 Å². The van der Waals surface area contributed by atoms with Gasteiger partial charge in [-0.15, -0.1) is 0 Å². The monoisotopic (exact) mass is 282 g/mol. The molecule has 0 saturated carbocycles. The summed E-state index contributed by atoms with van der Waals surface area (Å²) in [6.07, 6.45) is -0.491. The highest BCUT2D eigenvalue weighted by molar-refractivity contribution is 5.67. The van der Waals surface area contributed by atoms with Crippen molar-refractivity contribution < 1.29 is 36.9 Å². The lowest BCUT2D eigenvalue weighted by atomic mass is 10.1. The van der Waals surface area contributed by atoms with Crippen molar-refractivity contribution in [2.75, 3.05) is 0 Å². The first-order valence-corrected chi connectivity index (χ1v) is 5.13. The van der Waals surface area contributed by atoms with Crippen LogP contribution in [0.2, 0.25) is 0 Å². The zero-order valence-corrected chi connectivity index (χ0v) is 9.48. The third-order valence-electron chi connectivity index (χ3n) is 2.08. The van der Waals surface area contributed by atoms with E-state index >= 15 is 0 Å². The Balaban J connectivity index is 2.92. The van der Waals surface area contributed by atoms with Crippen LogP contribution in [0.25, 0.3) is 0 Å². The highest BCUT2D eigenvalue weighted by atomic mass is 19.3. The zero-order chi connectivity index (χ0) is 14.4. The Morgan fingerprint density at radius 1 is 1.16 bits per heavy atom. The van der Waals surface area contributed by atoms with Gasteiger partial charge in [-0.2, -0.15) is 17.6 Å². The Kier molecular flexibility index (Phi) is 5.40. The van der Waals surface area contributed by atoms with Gasteiger partial charge in [0, 0.05) is 6.42 Å². The largest absolute Gasteiger partial charge is 0.481 e. The van der Waals surface area contributed by atoms with E-state index in [1.807, 2.05) is 0 Å². The number of hydrogen-bond donors (Lipinski definition) is 1. The van der Waals surface area contributed by atoms with Crippen LogP contribution >= 0.6 is 0 Å². The molecule has 0 atom stereocenters. The zero-order valence-electron chi connectivity index (χ0n) is 9.48. The molecule has 0 unspecified atom stereocenters. The maximum atomic E-state index is 12.1. The maximum Gasteiger partial charge on any atom is 0.387 e. The number of rotatable bonds is 7. The average Bonchev–Trinajstić information content (AvgIpc) is 2.27. The molecule has 1 aromatic rings. The number of aliphatic carboxylic acids is 1. The summed E-state index contributed by atoms with van der Waals surface area (Å²) < 4.78 is 56.5. The van der Waals surface area contributed by atoms with E-state index in [1.54, 1.807) is 0 Å². The molecule has 4 nitrogen and oxygen atoms in total. The molecule has 0 saturated heterocycles. The van der Waals surface area contributed by atoms with Gasteiger partial charge >= 0.3 is 19.2 Å². The number of carboxylic acids is 1. The molecular formula is C11H10F4O4. The number of carboxylic acid groups (broad SMARTS) is 1. The second kappa shape index (κ2) is 6.81. The van der Waals surface area contributed by atoms with Gasteiger partial charge in [-0.3, -0.25) is 4.79 Å². The lowest BCUT2D eigenvalue weighted by Gasteiger charge is -2.12. The number of halogens is 4. The van der Waals surface area contributed by atoms with Crippen LogP contribution in [0, 0.1) is 0 Å². The van der Waals surface area contributed by atoms with Crippen molar-refractivity contribution in [1.29, 1.82) is 0 Å². The van der Waals surface area contributed by atoms with Crippen molar-refractivity contribution >= 4 is 5.97 Å². The second-order valence-corrected chi connectivity index (χ2v) is 3.42. The summed E-state index contributed by atoms with van der Waals surface area (Å²) in [4.78, 5) is 10.4. The number of aryl methyl sites for hydroxylation is 1. The van der Waals surface area contributed by atoms with Gasteiger partial charge in [-0.1, -0.05) is 0 Å². The number of ether oxygens (including phenoxy) is 2. The van der Waals surface area contributed by atoms with E-state index in [9.17, 15) is 22.4 Å². The van der Waals surface area contributed by atoms with Crippen molar-refractivity contribution in [2.24, 2.45) is 0 Å². The molecule has 0 radical (unpaired) electrons. The maximum absolute atomic E-state index is 12.1. The molecule has 0 heterocycles. The van der Waals surface area contributed by atoms with Crippen molar-refractivity contribution in [1.82, 2.24) is 0 Å². The van der Waals surface area contributed by atoms with Gasteiger partial charge in [0.15, 0.2) is 0 Å². The number of carbonyl (C=O) groups is 1. The summed E-state index contributed by atoms with van der Waals surface area (Å²) in [5.41, 5.74) is 0.0563. The average molecular weight is 282 g/mol. The standard InChI is InChI=1S/C11H10F4O4/c12-10(13)18-7-2-3-8(19-11(14)15)6(5-7)1-4-9(16)17/h2-3,5,10-11H,1,4H2,(H,16,17). The first-order valence-electron chi connectivity index (χ1n) is 5.13. The molecule has 0 aliphatic heterocycles. The normalized spacial score (nSPS) is 10.8. The van der Waals surface area contributed by atoms with Crippen LogP contribution in [0.5, 0.6) is 11.5 Å². The van der Waals surface area contributed by atoms with E-state index in [4.69, 9.17) is 5.11 Å². The smallest absolute Gasteiger partial charge is 0.387 e. The van der Waals surface area contributed by atoms with Crippen LogP contribution in [0.15, 0.2) is 18.2 Å². The van der Waals surface area contributed by atoms with E-state index in [1.165, 1.54) is 0 Å². The van der Waals surface area contributed by atoms with Crippen LogP contribution in [-0.2, 0) is 11.2 Å². The lowest BCUT2D eigenvalue weighted by Crippen LogP contribution is -2.07. The molecule has 1 N–H and O–H groups in total. The fraction of sp³-hybridized carbons (Fsp3) is 0.364. The summed E-state index contributed by atoms with van der Waals surface area (Å²) in [6.45, 7) is -6.15. The van der Waals surface area contributed by atoms with Crippen molar-refractivity contribution in [3.05, 3.63) is 23.8 Å². The lowest BCUT2D eigenvalue weighted by molar-refractivity contribution is -0.136. The number of benzene rings is 1. The van der Waals surface area contributed by atoms with Crippen molar-refractivity contribution in [2.45, 2.75) is 26.1 Å². The summed E-state index contributed by atoms with van der Waals surface area (Å²) >= 11 is 0. The quantitative estimate of drug-likeness (QED) is 0.781. The molecule has 0 amide bonds. The van der Waals surface area contributed by atoms with Gasteiger partial charge in [0.1, 0.15) is 11.5 Å². The van der Waals surface area contributed by atoms with Crippen LogP contribution in [-0.4, -0.2) is 24.3 Å². The highest BCUT2D eigenvalue weighted by Crippen LogP contribution is 2.27. The topological polar surface area (TPSA) is 55.8 Å². The molecule has 0 fully saturated rings. The highest BCUT2D eigenvalue weighted by Gasteiger charge is 2.13. The fourth-order valence-electron chi connectivity index (χ4n) is 1.38. The van der Waals surface area contributed by atoms with Crippen LogP contribution in [0.1, 0.15) is 12.0 Å². The van der Waals surface area contributed by atoms with Gasteiger partial charge < -0.3 is 14.6 Å². The Morgan fingerprint density at radius 3 is 2.32 bits per heavy atom. The third-order valence-corrected chi connectivity index (χ3v) is 2.08. The van der Waals surface area contributed by atoms with Gasteiger partial charge in [0.25, 0.3) is 0 Å². The van der Waals surface area contributed by atoms with Crippen LogP contribution < -0.4 is 9.47 Å². The molecule has 8 heteroatoms. The molecule has 0 aliphatic rings. The molecule has 1 rings (SSSR count). The third kappa shape index (κ3) is 5.45. The van der Waals surface area contributed by atoms with Crippen molar-refractivity contribution in [3.63, 3.8) is 0 Å². The van der Waals surface area contributed by atoms with Gasteiger partial charge in [0.05, 0.1) is 0 Å². The van der Waals surface area contributed by atoms with E-state index < -0.39 is 19.2 Å². The first-order chi connectivity index (χ1) is 8.88. The number of alkyl halides is 4. The van der Waals surface area contributed by atoms with E-state index in [2.05, 4.69) is 9.47 Å². The van der Waals surface area contributed by atoms with Gasteiger partial charge in [0.2, 0.25) is 0 Å². The molecule has 0 aliphatic carbocycles. The summed E-state index contributed by atoms with van der Waals surface area (Å²) in [7, 11) is 0. The van der Waals surface area contributed by atoms with Gasteiger partial charge in [-0.05, 0) is 30.2 Å². The van der Waals surface area contributed by atoms with E-state index in [0.29, 0.717) is 0 Å². The Labute approximate surface area is 105 Å². The number of hydrogen-bond acceptors (Lipinski definition) is 3. The Bertz CT molecular complexity index is 437.